The molecule has 0 saturated carbocycles. The average molecular weight is 204 g/mol. The van der Waals surface area contributed by atoms with E-state index >= 15 is 0 Å². The van der Waals surface area contributed by atoms with Gasteiger partial charge in [-0.25, -0.2) is 0 Å². The number of hydrogen-bond acceptors (Lipinski definition) is 4. The van der Waals surface area contributed by atoms with Crippen molar-refractivity contribution in [2.24, 2.45) is 5.41 Å². The number of methoxy groups -OCH3 is 1. The summed E-state index contributed by atoms with van der Waals surface area (Å²) in [5.74, 6) is -2.72. The van der Waals surface area contributed by atoms with Gasteiger partial charge in [-0.15, -0.1) is 0 Å². The molecular weight excluding hydrogens is 192 g/mol. The van der Waals surface area contributed by atoms with Crippen LogP contribution in [0.3, 0.4) is 0 Å². The number of carboxylic acids is 2. The topological polar surface area (TPSA) is 93.1 Å². The maximum atomic E-state index is 10.8. The predicted octanol–water partition coefficient (Wildman–Crippen LogP) is -0.0751. The Kier molecular flexibility index (Phi) is 3.07. The fraction of sp³-hybridized carbons (Fsp3) is 0.750. The lowest BCUT2D eigenvalue weighted by molar-refractivity contribution is -0.203. The molecule has 0 aromatic carbocycles. The number of carbonyl (C=O) groups is 2. The first kappa shape index (κ1) is 10.9. The molecule has 1 aliphatic rings. The molecular formula is C8H12O6. The molecule has 0 radical (unpaired) electrons. The van der Waals surface area contributed by atoms with Gasteiger partial charge in [0.1, 0.15) is 0 Å². The van der Waals surface area contributed by atoms with Crippen LogP contribution in [0.1, 0.15) is 12.8 Å². The molecule has 1 aliphatic heterocycles. The molecule has 6 heteroatoms. The van der Waals surface area contributed by atoms with Crippen LogP contribution in [-0.2, 0) is 19.1 Å². The first-order valence-electron chi connectivity index (χ1n) is 4.14. The van der Waals surface area contributed by atoms with E-state index < -0.39 is 23.6 Å². The summed E-state index contributed by atoms with van der Waals surface area (Å²) >= 11 is 0. The Morgan fingerprint density at radius 3 is 2.29 bits per heavy atom. The number of aliphatic carboxylic acids is 2. The summed E-state index contributed by atoms with van der Waals surface area (Å²) in [7, 11) is 1.43. The van der Waals surface area contributed by atoms with Gasteiger partial charge in [0.25, 0.3) is 0 Å². The SMILES string of the molecule is COC1CCC(C(=O)O)(C(=O)O)CO1. The standard InChI is InChI=1S/C8H12O6/c1-13-5-2-3-8(4-14-5,6(9)10)7(11)12/h5H,2-4H2,1H3,(H,9,10)(H,11,12). The van der Waals surface area contributed by atoms with Crippen molar-refractivity contribution in [2.75, 3.05) is 13.7 Å². The van der Waals surface area contributed by atoms with E-state index in [2.05, 4.69) is 0 Å². The van der Waals surface area contributed by atoms with Gasteiger partial charge in [0, 0.05) is 13.5 Å². The van der Waals surface area contributed by atoms with E-state index in [0.29, 0.717) is 0 Å². The minimum atomic E-state index is -1.81. The van der Waals surface area contributed by atoms with Crippen molar-refractivity contribution in [1.29, 1.82) is 0 Å². The van der Waals surface area contributed by atoms with Gasteiger partial charge in [0.15, 0.2) is 11.7 Å². The molecule has 0 aromatic rings. The van der Waals surface area contributed by atoms with E-state index in [4.69, 9.17) is 19.7 Å². The third-order valence-corrected chi connectivity index (χ3v) is 2.40. The summed E-state index contributed by atoms with van der Waals surface area (Å²) in [6.45, 7) is -0.351. The molecule has 14 heavy (non-hydrogen) atoms. The van der Waals surface area contributed by atoms with Crippen LogP contribution in [0.5, 0.6) is 0 Å². The average Bonchev–Trinajstić information content (AvgIpc) is 2.17. The molecule has 0 bridgehead atoms. The molecule has 0 amide bonds. The highest BCUT2D eigenvalue weighted by Crippen LogP contribution is 2.32. The van der Waals surface area contributed by atoms with Gasteiger partial charge in [0.05, 0.1) is 6.61 Å². The van der Waals surface area contributed by atoms with Gasteiger partial charge >= 0.3 is 11.9 Å². The minimum Gasteiger partial charge on any atom is -0.480 e. The second kappa shape index (κ2) is 3.93. The van der Waals surface area contributed by atoms with Crippen molar-refractivity contribution >= 4 is 11.9 Å². The summed E-state index contributed by atoms with van der Waals surface area (Å²) in [6, 6.07) is 0. The van der Waals surface area contributed by atoms with Crippen LogP contribution in [0.25, 0.3) is 0 Å². The van der Waals surface area contributed by atoms with Gasteiger partial charge in [-0.1, -0.05) is 0 Å². The molecule has 0 aromatic heterocycles. The van der Waals surface area contributed by atoms with Gasteiger partial charge in [-0.2, -0.15) is 0 Å². The zero-order valence-corrected chi connectivity index (χ0v) is 7.73. The van der Waals surface area contributed by atoms with Crippen molar-refractivity contribution in [2.45, 2.75) is 19.1 Å². The van der Waals surface area contributed by atoms with Gasteiger partial charge < -0.3 is 19.7 Å². The van der Waals surface area contributed by atoms with Crippen molar-refractivity contribution < 1.29 is 29.3 Å². The second-order valence-corrected chi connectivity index (χ2v) is 3.21. The predicted molar refractivity (Wildman–Crippen MR) is 43.7 cm³/mol. The summed E-state index contributed by atoms with van der Waals surface area (Å²) in [4.78, 5) is 21.6. The van der Waals surface area contributed by atoms with Gasteiger partial charge in [-0.05, 0) is 6.42 Å². The lowest BCUT2D eigenvalue weighted by atomic mass is 9.82. The highest BCUT2D eigenvalue weighted by Gasteiger charge is 2.50. The second-order valence-electron chi connectivity index (χ2n) is 3.21. The molecule has 1 atom stereocenters. The summed E-state index contributed by atoms with van der Waals surface area (Å²) < 4.78 is 9.82. The van der Waals surface area contributed by atoms with E-state index in [1.54, 1.807) is 0 Å². The lowest BCUT2D eigenvalue weighted by Crippen LogP contribution is -2.48. The lowest BCUT2D eigenvalue weighted by Gasteiger charge is -2.32. The summed E-state index contributed by atoms with van der Waals surface area (Å²) in [6.07, 6.45) is -0.201. The Morgan fingerprint density at radius 1 is 1.43 bits per heavy atom. The first-order valence-corrected chi connectivity index (χ1v) is 4.14. The third kappa shape index (κ3) is 1.71. The fourth-order valence-electron chi connectivity index (χ4n) is 1.37. The molecule has 1 saturated heterocycles. The molecule has 1 rings (SSSR count). The molecule has 0 spiro atoms. The first-order chi connectivity index (χ1) is 6.53. The smallest absolute Gasteiger partial charge is 0.323 e. The van der Waals surface area contributed by atoms with Crippen LogP contribution < -0.4 is 0 Å². The quantitative estimate of drug-likeness (QED) is 0.625. The van der Waals surface area contributed by atoms with Crippen LogP contribution in [0, 0.1) is 5.41 Å². The molecule has 6 nitrogen and oxygen atoms in total. The fourth-order valence-corrected chi connectivity index (χ4v) is 1.37. The van der Waals surface area contributed by atoms with Crippen molar-refractivity contribution in [3.63, 3.8) is 0 Å². The molecule has 0 aliphatic carbocycles. The molecule has 80 valence electrons. The van der Waals surface area contributed by atoms with Crippen molar-refractivity contribution in [1.82, 2.24) is 0 Å². The van der Waals surface area contributed by atoms with Gasteiger partial charge in [0.2, 0.25) is 0 Å². The zero-order valence-electron chi connectivity index (χ0n) is 7.73. The molecule has 2 N–H and O–H groups in total. The Hall–Kier alpha value is -1.14. The van der Waals surface area contributed by atoms with E-state index in [0.717, 1.165) is 0 Å². The summed E-state index contributed by atoms with van der Waals surface area (Å²) in [5, 5.41) is 17.6. The van der Waals surface area contributed by atoms with Crippen LogP contribution in [0.2, 0.25) is 0 Å². The van der Waals surface area contributed by atoms with Crippen molar-refractivity contribution in [3.05, 3.63) is 0 Å². The third-order valence-electron chi connectivity index (χ3n) is 2.40. The van der Waals surface area contributed by atoms with E-state index in [9.17, 15) is 9.59 Å². The van der Waals surface area contributed by atoms with E-state index in [-0.39, 0.29) is 19.4 Å². The number of ether oxygens (including phenoxy) is 2. The number of carboxylic acid groups (broad SMARTS) is 2. The minimum absolute atomic E-state index is 0.0240. The Bertz CT molecular complexity index is 224. The maximum absolute atomic E-state index is 10.8. The molecule has 1 heterocycles. The van der Waals surface area contributed by atoms with Crippen LogP contribution in [0.15, 0.2) is 0 Å². The Morgan fingerprint density at radius 2 is 2.00 bits per heavy atom. The molecule has 1 unspecified atom stereocenters. The highest BCUT2D eigenvalue weighted by atomic mass is 16.7. The van der Waals surface area contributed by atoms with Crippen LogP contribution in [0.4, 0.5) is 0 Å². The van der Waals surface area contributed by atoms with E-state index in [1.807, 2.05) is 0 Å². The zero-order chi connectivity index (χ0) is 10.8. The maximum Gasteiger partial charge on any atom is 0.323 e. The largest absolute Gasteiger partial charge is 0.480 e. The molecule has 1 fully saturated rings. The monoisotopic (exact) mass is 204 g/mol. The summed E-state index contributed by atoms with van der Waals surface area (Å²) in [5.41, 5.74) is -1.81. The van der Waals surface area contributed by atoms with E-state index in [1.165, 1.54) is 7.11 Å². The number of rotatable bonds is 3. The van der Waals surface area contributed by atoms with Crippen LogP contribution in [-0.4, -0.2) is 42.2 Å². The number of hydrogen-bond donors (Lipinski definition) is 2. The van der Waals surface area contributed by atoms with Crippen molar-refractivity contribution in [3.8, 4) is 0 Å². The Labute approximate surface area is 80.4 Å². The normalized spacial score (nSPS) is 25.6. The van der Waals surface area contributed by atoms with Gasteiger partial charge in [-0.3, -0.25) is 9.59 Å². The van der Waals surface area contributed by atoms with Crippen LogP contribution >= 0.6 is 0 Å². The Balaban J connectivity index is 2.75. The highest BCUT2D eigenvalue weighted by molar-refractivity contribution is 5.98.